The molecule has 0 spiro atoms. The molecule has 1 heterocycles. The van der Waals surface area contributed by atoms with Crippen molar-refractivity contribution in [2.45, 2.75) is 166 Å². The first kappa shape index (κ1) is 33.3. The molecule has 0 radical (unpaired) electrons. The highest BCUT2D eigenvalue weighted by atomic mass is 16.7. The fourth-order valence-corrected chi connectivity index (χ4v) is 4.84. The van der Waals surface area contributed by atoms with Gasteiger partial charge in [0.2, 0.25) is 0 Å². The van der Waals surface area contributed by atoms with Gasteiger partial charge in [0.15, 0.2) is 6.29 Å². The maximum atomic E-state index is 12.0. The van der Waals surface area contributed by atoms with Crippen molar-refractivity contribution in [2.75, 3.05) is 13.7 Å². The van der Waals surface area contributed by atoms with Crippen molar-refractivity contribution in [3.05, 3.63) is 0 Å². The van der Waals surface area contributed by atoms with Crippen LogP contribution in [0.1, 0.15) is 135 Å². The number of unbranched alkanes of at least 4 members (excludes halogenated alkanes) is 18. The second-order valence-corrected chi connectivity index (χ2v) is 10.5. The molecule has 1 aliphatic rings. The molecule has 3 N–H and O–H groups in total. The van der Waals surface area contributed by atoms with Crippen molar-refractivity contribution >= 4 is 5.97 Å². The van der Waals surface area contributed by atoms with Crippen LogP contribution in [0.3, 0.4) is 0 Å². The standard InChI is InChI=1S/C29H56O7/c1-3-4-5-6-7-8-9-10-11-12-13-14-15-16-17-18-19-20-21-22-25(30)35-23-24-26(31)27(32)28(33)29(34-2)36-24/h24,26-29,31-33H,3-23H2,1-2H3/t24-,26-,27+,28-,29?/m1/s1. The fourth-order valence-electron chi connectivity index (χ4n) is 4.84. The van der Waals surface area contributed by atoms with Crippen molar-refractivity contribution in [1.82, 2.24) is 0 Å². The van der Waals surface area contributed by atoms with Crippen LogP contribution in [-0.4, -0.2) is 65.7 Å². The topological polar surface area (TPSA) is 105 Å². The van der Waals surface area contributed by atoms with Crippen molar-refractivity contribution in [3.8, 4) is 0 Å². The number of ether oxygens (including phenoxy) is 3. The molecule has 1 unspecified atom stereocenters. The van der Waals surface area contributed by atoms with E-state index in [1.54, 1.807) is 0 Å². The van der Waals surface area contributed by atoms with Crippen LogP contribution in [0.15, 0.2) is 0 Å². The van der Waals surface area contributed by atoms with Crippen LogP contribution in [0.4, 0.5) is 0 Å². The van der Waals surface area contributed by atoms with E-state index in [1.807, 2.05) is 0 Å². The SMILES string of the molecule is CCCCCCCCCCCCCCCCCCCCCC(=O)OC[C@H]1OC(OC)[C@H](O)[C@@H](O)[C@@H]1O. The van der Waals surface area contributed by atoms with E-state index in [1.165, 1.54) is 110 Å². The summed E-state index contributed by atoms with van der Waals surface area (Å²) in [5.74, 6) is -0.340. The smallest absolute Gasteiger partial charge is 0.305 e. The summed E-state index contributed by atoms with van der Waals surface area (Å²) in [5.41, 5.74) is 0. The second-order valence-electron chi connectivity index (χ2n) is 10.5. The number of hydrogen-bond donors (Lipinski definition) is 3. The van der Waals surface area contributed by atoms with Crippen molar-refractivity contribution in [3.63, 3.8) is 0 Å². The van der Waals surface area contributed by atoms with Gasteiger partial charge >= 0.3 is 5.97 Å². The third kappa shape index (κ3) is 15.5. The van der Waals surface area contributed by atoms with Gasteiger partial charge in [0, 0.05) is 13.5 Å². The van der Waals surface area contributed by atoms with Crippen LogP contribution < -0.4 is 0 Å². The number of carbonyl (C=O) groups is 1. The molecule has 0 aromatic rings. The first-order valence-corrected chi connectivity index (χ1v) is 14.9. The molecule has 36 heavy (non-hydrogen) atoms. The minimum absolute atomic E-state index is 0.178. The number of aliphatic hydroxyl groups excluding tert-OH is 3. The zero-order valence-electron chi connectivity index (χ0n) is 23.2. The Bertz CT molecular complexity index is 514. The number of carbonyl (C=O) groups excluding carboxylic acids is 1. The lowest BCUT2D eigenvalue weighted by atomic mass is 9.99. The Morgan fingerprint density at radius 2 is 1.06 bits per heavy atom. The van der Waals surface area contributed by atoms with Gasteiger partial charge in [-0.05, 0) is 6.42 Å². The number of hydrogen-bond acceptors (Lipinski definition) is 7. The van der Waals surface area contributed by atoms with E-state index in [0.717, 1.165) is 19.3 Å². The number of methoxy groups -OCH3 is 1. The van der Waals surface area contributed by atoms with Gasteiger partial charge in [0.1, 0.15) is 31.0 Å². The minimum atomic E-state index is -1.41. The monoisotopic (exact) mass is 516 g/mol. The lowest BCUT2D eigenvalue weighted by Gasteiger charge is -2.39. The molecule has 5 atom stereocenters. The molecule has 7 nitrogen and oxygen atoms in total. The van der Waals surface area contributed by atoms with Crippen LogP contribution in [0.2, 0.25) is 0 Å². The molecule has 0 aliphatic carbocycles. The predicted octanol–water partition coefficient (Wildman–Crippen LogP) is 5.81. The van der Waals surface area contributed by atoms with Crippen LogP contribution in [0.5, 0.6) is 0 Å². The molecule has 1 fully saturated rings. The van der Waals surface area contributed by atoms with Gasteiger partial charge < -0.3 is 29.5 Å². The van der Waals surface area contributed by atoms with E-state index >= 15 is 0 Å². The Morgan fingerprint density at radius 3 is 1.47 bits per heavy atom. The Labute approximate surface area is 220 Å². The van der Waals surface area contributed by atoms with E-state index in [9.17, 15) is 20.1 Å². The quantitative estimate of drug-likeness (QED) is 0.116. The van der Waals surface area contributed by atoms with E-state index in [2.05, 4.69) is 6.92 Å². The van der Waals surface area contributed by atoms with Gasteiger partial charge in [-0.25, -0.2) is 0 Å². The summed E-state index contributed by atoms with van der Waals surface area (Å²) in [6, 6.07) is 0. The molecule has 1 aliphatic heterocycles. The first-order valence-electron chi connectivity index (χ1n) is 14.9. The van der Waals surface area contributed by atoms with E-state index in [4.69, 9.17) is 14.2 Å². The van der Waals surface area contributed by atoms with E-state index in [0.29, 0.717) is 6.42 Å². The van der Waals surface area contributed by atoms with Crippen molar-refractivity contribution in [2.24, 2.45) is 0 Å². The second kappa shape index (κ2) is 22.3. The highest BCUT2D eigenvalue weighted by Crippen LogP contribution is 2.22. The summed E-state index contributed by atoms with van der Waals surface area (Å²) in [4.78, 5) is 12.0. The predicted molar refractivity (Wildman–Crippen MR) is 143 cm³/mol. The fraction of sp³-hybridized carbons (Fsp3) is 0.966. The molecular weight excluding hydrogens is 460 g/mol. The summed E-state index contributed by atoms with van der Waals surface area (Å²) in [6.45, 7) is 2.10. The van der Waals surface area contributed by atoms with Crippen LogP contribution in [0.25, 0.3) is 0 Å². The molecule has 1 rings (SSSR count). The highest BCUT2D eigenvalue weighted by Gasteiger charge is 2.44. The van der Waals surface area contributed by atoms with Gasteiger partial charge in [0.05, 0.1) is 0 Å². The largest absolute Gasteiger partial charge is 0.463 e. The Hall–Kier alpha value is -0.730. The van der Waals surface area contributed by atoms with E-state index < -0.39 is 30.7 Å². The third-order valence-electron chi connectivity index (χ3n) is 7.29. The first-order chi connectivity index (χ1) is 17.5. The van der Waals surface area contributed by atoms with Gasteiger partial charge in [0.25, 0.3) is 0 Å². The van der Waals surface area contributed by atoms with E-state index in [-0.39, 0.29) is 12.6 Å². The zero-order valence-corrected chi connectivity index (χ0v) is 23.2. The summed E-state index contributed by atoms with van der Waals surface area (Å²) in [5, 5.41) is 29.6. The van der Waals surface area contributed by atoms with Gasteiger partial charge in [-0.3, -0.25) is 4.79 Å². The maximum Gasteiger partial charge on any atom is 0.305 e. The van der Waals surface area contributed by atoms with Gasteiger partial charge in [-0.1, -0.05) is 122 Å². The lowest BCUT2D eigenvalue weighted by molar-refractivity contribution is -0.295. The van der Waals surface area contributed by atoms with Crippen molar-refractivity contribution in [1.29, 1.82) is 0 Å². The van der Waals surface area contributed by atoms with Crippen LogP contribution >= 0.6 is 0 Å². The average Bonchev–Trinajstić information content (AvgIpc) is 2.88. The minimum Gasteiger partial charge on any atom is -0.463 e. The highest BCUT2D eigenvalue weighted by molar-refractivity contribution is 5.69. The Morgan fingerprint density at radius 1 is 0.639 bits per heavy atom. The number of esters is 1. The molecular formula is C29H56O7. The average molecular weight is 517 g/mol. The summed E-state index contributed by atoms with van der Waals surface area (Å²) < 4.78 is 15.5. The molecule has 0 saturated carbocycles. The molecule has 0 aromatic heterocycles. The van der Waals surface area contributed by atoms with Crippen LogP contribution in [0, 0.1) is 0 Å². The summed E-state index contributed by atoms with van der Waals surface area (Å²) in [6.07, 6.45) is 19.1. The normalized spacial score (nSPS) is 24.2. The maximum absolute atomic E-state index is 12.0. The molecule has 0 amide bonds. The van der Waals surface area contributed by atoms with Gasteiger partial charge in [-0.15, -0.1) is 0 Å². The Kier molecular flexibility index (Phi) is 20.6. The van der Waals surface area contributed by atoms with Crippen molar-refractivity contribution < 1.29 is 34.3 Å². The molecule has 7 heteroatoms. The molecule has 0 bridgehead atoms. The van der Waals surface area contributed by atoms with Gasteiger partial charge in [-0.2, -0.15) is 0 Å². The Balaban J connectivity index is 1.85. The number of rotatable bonds is 23. The lowest BCUT2D eigenvalue weighted by Crippen LogP contribution is -2.59. The molecule has 0 aromatic carbocycles. The zero-order chi connectivity index (χ0) is 26.4. The third-order valence-corrected chi connectivity index (χ3v) is 7.29. The number of aliphatic hydroxyl groups is 3. The molecule has 214 valence electrons. The summed E-state index contributed by atoms with van der Waals surface area (Å²) in [7, 11) is 1.33. The van der Waals surface area contributed by atoms with Crippen LogP contribution in [-0.2, 0) is 19.0 Å². The molecule has 1 saturated heterocycles. The summed E-state index contributed by atoms with van der Waals surface area (Å²) >= 11 is 0.